The van der Waals surface area contributed by atoms with E-state index in [9.17, 15) is 4.79 Å². The molecule has 0 aromatic heterocycles. The maximum atomic E-state index is 11.9. The highest BCUT2D eigenvalue weighted by Gasteiger charge is 2.32. The first-order chi connectivity index (χ1) is 7.18. The Morgan fingerprint density at radius 1 is 1.20 bits per heavy atom. The fourth-order valence-electron chi connectivity index (χ4n) is 2.84. The first-order valence-corrected chi connectivity index (χ1v) is 6.24. The van der Waals surface area contributed by atoms with Crippen LogP contribution in [0.2, 0.25) is 0 Å². The third kappa shape index (κ3) is 2.33. The van der Waals surface area contributed by atoms with Crippen LogP contribution in [0.1, 0.15) is 45.4 Å². The third-order valence-electron chi connectivity index (χ3n) is 3.94. The van der Waals surface area contributed by atoms with Crippen molar-refractivity contribution in [3.63, 3.8) is 0 Å². The number of nitrogens with two attached hydrogens (primary N) is 1. The topological polar surface area (TPSA) is 46.3 Å². The van der Waals surface area contributed by atoms with Crippen LogP contribution in [0.15, 0.2) is 0 Å². The number of amides is 1. The van der Waals surface area contributed by atoms with Crippen molar-refractivity contribution >= 4 is 5.91 Å². The van der Waals surface area contributed by atoms with Crippen LogP contribution in [-0.2, 0) is 4.79 Å². The molecule has 2 rings (SSSR count). The SMILES string of the molecule is CC1CCC(N2CCCC(N)C2=O)CC1. The lowest BCUT2D eigenvalue weighted by Crippen LogP contribution is -2.53. The molecule has 0 radical (unpaired) electrons. The van der Waals surface area contributed by atoms with E-state index < -0.39 is 0 Å². The molecule has 2 N–H and O–H groups in total. The summed E-state index contributed by atoms with van der Waals surface area (Å²) in [7, 11) is 0. The predicted molar refractivity (Wildman–Crippen MR) is 60.3 cm³/mol. The normalized spacial score (nSPS) is 38.1. The van der Waals surface area contributed by atoms with Crippen molar-refractivity contribution in [2.45, 2.75) is 57.5 Å². The van der Waals surface area contributed by atoms with Crippen LogP contribution in [0.5, 0.6) is 0 Å². The Hall–Kier alpha value is -0.570. The van der Waals surface area contributed by atoms with Gasteiger partial charge in [-0.15, -0.1) is 0 Å². The van der Waals surface area contributed by atoms with Gasteiger partial charge in [-0.2, -0.15) is 0 Å². The largest absolute Gasteiger partial charge is 0.338 e. The van der Waals surface area contributed by atoms with E-state index in [-0.39, 0.29) is 11.9 Å². The molecule has 2 aliphatic rings. The van der Waals surface area contributed by atoms with Gasteiger partial charge >= 0.3 is 0 Å². The van der Waals surface area contributed by atoms with Gasteiger partial charge in [-0.3, -0.25) is 4.79 Å². The van der Waals surface area contributed by atoms with Gasteiger partial charge < -0.3 is 10.6 Å². The Morgan fingerprint density at radius 3 is 2.53 bits per heavy atom. The van der Waals surface area contributed by atoms with Gasteiger partial charge in [0.25, 0.3) is 0 Å². The minimum atomic E-state index is -0.224. The molecule has 1 aliphatic heterocycles. The molecule has 86 valence electrons. The number of piperidine rings is 1. The van der Waals surface area contributed by atoms with Crippen molar-refractivity contribution in [3.05, 3.63) is 0 Å². The molecule has 2 fully saturated rings. The van der Waals surface area contributed by atoms with Gasteiger partial charge in [-0.25, -0.2) is 0 Å². The second-order valence-corrected chi connectivity index (χ2v) is 5.19. The second-order valence-electron chi connectivity index (χ2n) is 5.19. The molecule has 3 nitrogen and oxygen atoms in total. The first-order valence-electron chi connectivity index (χ1n) is 6.24. The zero-order chi connectivity index (χ0) is 10.8. The van der Waals surface area contributed by atoms with E-state index in [1.54, 1.807) is 0 Å². The molecule has 1 unspecified atom stereocenters. The summed E-state index contributed by atoms with van der Waals surface area (Å²) in [6.45, 7) is 3.24. The number of likely N-dealkylation sites (tertiary alicyclic amines) is 1. The van der Waals surface area contributed by atoms with Crippen LogP contribution in [0, 0.1) is 5.92 Å². The van der Waals surface area contributed by atoms with Gasteiger partial charge in [-0.05, 0) is 44.4 Å². The van der Waals surface area contributed by atoms with E-state index in [2.05, 4.69) is 11.8 Å². The molecule has 1 heterocycles. The van der Waals surface area contributed by atoms with Gasteiger partial charge in [0, 0.05) is 12.6 Å². The zero-order valence-electron chi connectivity index (χ0n) is 9.61. The maximum Gasteiger partial charge on any atom is 0.239 e. The highest BCUT2D eigenvalue weighted by atomic mass is 16.2. The number of hydrogen-bond acceptors (Lipinski definition) is 2. The van der Waals surface area contributed by atoms with E-state index in [0.717, 1.165) is 25.3 Å². The van der Waals surface area contributed by atoms with E-state index in [1.807, 2.05) is 0 Å². The lowest BCUT2D eigenvalue weighted by molar-refractivity contribution is -0.138. The van der Waals surface area contributed by atoms with Crippen LogP contribution < -0.4 is 5.73 Å². The van der Waals surface area contributed by atoms with Gasteiger partial charge in [0.05, 0.1) is 6.04 Å². The fourth-order valence-corrected chi connectivity index (χ4v) is 2.84. The van der Waals surface area contributed by atoms with E-state index >= 15 is 0 Å². The van der Waals surface area contributed by atoms with Crippen LogP contribution in [0.4, 0.5) is 0 Å². The summed E-state index contributed by atoms with van der Waals surface area (Å²) >= 11 is 0. The summed E-state index contributed by atoms with van der Waals surface area (Å²) in [5.41, 5.74) is 5.81. The Kier molecular flexibility index (Phi) is 3.29. The van der Waals surface area contributed by atoms with Crippen LogP contribution in [0.25, 0.3) is 0 Å². The number of carbonyl (C=O) groups is 1. The summed E-state index contributed by atoms with van der Waals surface area (Å²) in [6, 6.07) is 0.262. The molecule has 1 saturated carbocycles. The summed E-state index contributed by atoms with van der Waals surface area (Å²) in [4.78, 5) is 14.0. The van der Waals surface area contributed by atoms with E-state index in [0.29, 0.717) is 6.04 Å². The average Bonchev–Trinajstić information content (AvgIpc) is 2.24. The molecule has 0 bridgehead atoms. The molecule has 0 spiro atoms. The average molecular weight is 210 g/mol. The summed E-state index contributed by atoms with van der Waals surface area (Å²) < 4.78 is 0. The van der Waals surface area contributed by atoms with Gasteiger partial charge in [0.15, 0.2) is 0 Å². The highest BCUT2D eigenvalue weighted by molar-refractivity contribution is 5.82. The Bertz CT molecular complexity index is 234. The van der Waals surface area contributed by atoms with Crippen molar-refractivity contribution in [3.8, 4) is 0 Å². The molecule has 0 aromatic carbocycles. The summed E-state index contributed by atoms with van der Waals surface area (Å²) in [6.07, 6.45) is 6.85. The Balaban J connectivity index is 1.94. The van der Waals surface area contributed by atoms with Crippen LogP contribution >= 0.6 is 0 Å². The minimum absolute atomic E-state index is 0.195. The van der Waals surface area contributed by atoms with Crippen molar-refractivity contribution in [2.75, 3.05) is 6.54 Å². The number of rotatable bonds is 1. The lowest BCUT2D eigenvalue weighted by Gasteiger charge is -2.40. The molecule has 1 aliphatic carbocycles. The van der Waals surface area contributed by atoms with Crippen LogP contribution in [0.3, 0.4) is 0 Å². The summed E-state index contributed by atoms with van der Waals surface area (Å²) in [5.74, 6) is 1.04. The molecule has 0 aromatic rings. The quantitative estimate of drug-likeness (QED) is 0.713. The lowest BCUT2D eigenvalue weighted by atomic mass is 9.85. The molecular weight excluding hydrogens is 188 g/mol. The minimum Gasteiger partial charge on any atom is -0.338 e. The second kappa shape index (κ2) is 4.52. The fraction of sp³-hybridized carbons (Fsp3) is 0.917. The smallest absolute Gasteiger partial charge is 0.239 e. The zero-order valence-corrected chi connectivity index (χ0v) is 9.61. The molecule has 15 heavy (non-hydrogen) atoms. The number of hydrogen-bond donors (Lipinski definition) is 1. The third-order valence-corrected chi connectivity index (χ3v) is 3.94. The van der Waals surface area contributed by atoms with Gasteiger partial charge in [0.1, 0.15) is 0 Å². The Morgan fingerprint density at radius 2 is 1.87 bits per heavy atom. The van der Waals surface area contributed by atoms with Gasteiger partial charge in [-0.1, -0.05) is 6.92 Å². The molecule has 1 atom stereocenters. The van der Waals surface area contributed by atoms with Crippen molar-refractivity contribution in [1.29, 1.82) is 0 Å². The predicted octanol–water partition coefficient (Wildman–Crippen LogP) is 1.51. The Labute approximate surface area is 92.0 Å². The van der Waals surface area contributed by atoms with Crippen molar-refractivity contribution in [1.82, 2.24) is 4.90 Å². The van der Waals surface area contributed by atoms with Gasteiger partial charge in [0.2, 0.25) is 5.91 Å². The molecule has 1 amide bonds. The monoisotopic (exact) mass is 210 g/mol. The van der Waals surface area contributed by atoms with E-state index in [4.69, 9.17) is 5.73 Å². The van der Waals surface area contributed by atoms with Crippen LogP contribution in [-0.4, -0.2) is 29.4 Å². The number of nitrogens with zero attached hydrogens (tertiary/aromatic N) is 1. The molecule has 3 heteroatoms. The molecule has 1 saturated heterocycles. The maximum absolute atomic E-state index is 11.9. The molecular formula is C12H22N2O. The highest BCUT2D eigenvalue weighted by Crippen LogP contribution is 2.28. The first kappa shape index (κ1) is 10.9. The van der Waals surface area contributed by atoms with E-state index in [1.165, 1.54) is 25.7 Å². The summed E-state index contributed by atoms with van der Waals surface area (Å²) in [5, 5.41) is 0. The van der Waals surface area contributed by atoms with Crippen molar-refractivity contribution < 1.29 is 4.79 Å². The van der Waals surface area contributed by atoms with Crippen molar-refractivity contribution in [2.24, 2.45) is 11.7 Å². The standard InChI is InChI=1S/C12H22N2O/c1-9-4-6-10(7-5-9)14-8-2-3-11(13)12(14)15/h9-11H,2-8,13H2,1H3. The number of carbonyl (C=O) groups excluding carboxylic acids is 1.